The Labute approximate surface area is 106 Å². The second-order valence-corrected chi connectivity index (χ2v) is 6.18. The standard InChI is InChI=1S/C13H13NO3S/c1-11(12-7-3-2-4-8-12)18(16,17)13-9-5-6-10-14(13)15/h2-11H,1H3. The van der Waals surface area contributed by atoms with Gasteiger partial charge in [-0.1, -0.05) is 30.3 Å². The van der Waals surface area contributed by atoms with Gasteiger partial charge in [0.1, 0.15) is 0 Å². The molecule has 0 aliphatic heterocycles. The Kier molecular flexibility index (Phi) is 3.34. The first kappa shape index (κ1) is 12.6. The molecule has 0 spiro atoms. The van der Waals surface area contributed by atoms with Crippen LogP contribution in [0.2, 0.25) is 0 Å². The molecule has 1 heterocycles. The highest BCUT2D eigenvalue weighted by atomic mass is 32.2. The van der Waals surface area contributed by atoms with Crippen molar-refractivity contribution in [2.75, 3.05) is 0 Å². The molecule has 2 rings (SSSR count). The normalized spacial score (nSPS) is 13.2. The van der Waals surface area contributed by atoms with E-state index < -0.39 is 15.1 Å². The van der Waals surface area contributed by atoms with Crippen LogP contribution in [0.4, 0.5) is 0 Å². The Hall–Kier alpha value is -1.88. The largest absolute Gasteiger partial charge is 0.618 e. The average molecular weight is 263 g/mol. The molecule has 0 aliphatic carbocycles. The summed E-state index contributed by atoms with van der Waals surface area (Å²) in [4.78, 5) is 0. The van der Waals surface area contributed by atoms with Crippen LogP contribution < -0.4 is 4.73 Å². The molecule has 0 fully saturated rings. The topological polar surface area (TPSA) is 61.1 Å². The average Bonchev–Trinajstić information content (AvgIpc) is 2.39. The van der Waals surface area contributed by atoms with E-state index in [1.807, 2.05) is 6.07 Å². The zero-order chi connectivity index (χ0) is 13.2. The highest BCUT2D eigenvalue weighted by molar-refractivity contribution is 7.91. The molecule has 0 radical (unpaired) electrons. The minimum Gasteiger partial charge on any atom is -0.618 e. The first-order valence-electron chi connectivity index (χ1n) is 5.50. The molecule has 1 atom stereocenters. The van der Waals surface area contributed by atoms with Crippen LogP contribution >= 0.6 is 0 Å². The third-order valence-electron chi connectivity index (χ3n) is 2.81. The zero-order valence-electron chi connectivity index (χ0n) is 9.85. The fourth-order valence-corrected chi connectivity index (χ4v) is 3.17. The van der Waals surface area contributed by atoms with E-state index in [0.717, 1.165) is 0 Å². The SMILES string of the molecule is CC(c1ccccc1)S(=O)(=O)c1cccc[n+]1[O-]. The Morgan fingerprint density at radius 1 is 1.06 bits per heavy atom. The second-order valence-electron chi connectivity index (χ2n) is 3.96. The molecule has 0 saturated heterocycles. The first-order chi connectivity index (χ1) is 8.53. The van der Waals surface area contributed by atoms with Crippen molar-refractivity contribution in [1.29, 1.82) is 0 Å². The first-order valence-corrected chi connectivity index (χ1v) is 7.05. The van der Waals surface area contributed by atoms with Gasteiger partial charge in [0.15, 0.2) is 6.20 Å². The van der Waals surface area contributed by atoms with Gasteiger partial charge in [-0.25, -0.2) is 8.42 Å². The molecule has 0 aliphatic rings. The fraction of sp³-hybridized carbons (Fsp3) is 0.154. The van der Waals surface area contributed by atoms with Gasteiger partial charge in [0.25, 0.3) is 0 Å². The van der Waals surface area contributed by atoms with Crippen LogP contribution in [-0.2, 0) is 9.84 Å². The van der Waals surface area contributed by atoms with E-state index in [2.05, 4.69) is 0 Å². The lowest BCUT2D eigenvalue weighted by molar-refractivity contribution is -0.646. The molecule has 1 aromatic heterocycles. The number of pyridine rings is 1. The van der Waals surface area contributed by atoms with Crippen LogP contribution in [0.1, 0.15) is 17.7 Å². The molecule has 1 unspecified atom stereocenters. The van der Waals surface area contributed by atoms with Crippen LogP contribution in [0.25, 0.3) is 0 Å². The molecular weight excluding hydrogens is 250 g/mol. The maximum absolute atomic E-state index is 12.3. The molecule has 0 bridgehead atoms. The monoisotopic (exact) mass is 263 g/mol. The Morgan fingerprint density at radius 3 is 2.28 bits per heavy atom. The molecule has 1 aromatic carbocycles. The van der Waals surface area contributed by atoms with E-state index in [-0.39, 0.29) is 5.03 Å². The number of hydrogen-bond donors (Lipinski definition) is 0. The summed E-state index contributed by atoms with van der Waals surface area (Å²) < 4.78 is 25.0. The minimum absolute atomic E-state index is 0.221. The molecule has 94 valence electrons. The van der Waals surface area contributed by atoms with Crippen molar-refractivity contribution in [3.8, 4) is 0 Å². The van der Waals surface area contributed by atoms with Gasteiger partial charge in [0.05, 0.1) is 5.25 Å². The lowest BCUT2D eigenvalue weighted by atomic mass is 10.2. The van der Waals surface area contributed by atoms with Crippen molar-refractivity contribution in [2.24, 2.45) is 0 Å². The number of sulfone groups is 1. The van der Waals surface area contributed by atoms with Crippen LogP contribution in [-0.4, -0.2) is 8.42 Å². The highest BCUT2D eigenvalue weighted by Crippen LogP contribution is 2.26. The summed E-state index contributed by atoms with van der Waals surface area (Å²) in [7, 11) is -3.67. The molecule has 0 amide bonds. The smallest absolute Gasteiger partial charge is 0.309 e. The summed E-state index contributed by atoms with van der Waals surface area (Å²) in [6.45, 7) is 1.58. The predicted molar refractivity (Wildman–Crippen MR) is 67.4 cm³/mol. The maximum Gasteiger partial charge on any atom is 0.309 e. The van der Waals surface area contributed by atoms with Crippen molar-refractivity contribution in [3.05, 3.63) is 65.5 Å². The van der Waals surface area contributed by atoms with E-state index in [1.54, 1.807) is 37.3 Å². The van der Waals surface area contributed by atoms with Crippen LogP contribution in [0.15, 0.2) is 59.8 Å². The van der Waals surface area contributed by atoms with Crippen LogP contribution in [0, 0.1) is 5.21 Å². The Bertz CT molecular complexity index is 638. The fourth-order valence-electron chi connectivity index (χ4n) is 1.72. The number of hydrogen-bond acceptors (Lipinski definition) is 3. The third-order valence-corrected chi connectivity index (χ3v) is 4.92. The number of aromatic nitrogens is 1. The van der Waals surface area contributed by atoms with Crippen LogP contribution in [0.3, 0.4) is 0 Å². The zero-order valence-corrected chi connectivity index (χ0v) is 10.7. The highest BCUT2D eigenvalue weighted by Gasteiger charge is 2.31. The Balaban J connectivity index is 2.48. The van der Waals surface area contributed by atoms with E-state index in [1.165, 1.54) is 18.3 Å². The summed E-state index contributed by atoms with van der Waals surface area (Å²) >= 11 is 0. The van der Waals surface area contributed by atoms with Crippen molar-refractivity contribution in [3.63, 3.8) is 0 Å². The van der Waals surface area contributed by atoms with E-state index in [0.29, 0.717) is 10.3 Å². The molecule has 5 heteroatoms. The van der Waals surface area contributed by atoms with Crippen molar-refractivity contribution >= 4 is 9.84 Å². The van der Waals surface area contributed by atoms with Gasteiger partial charge in [-0.3, -0.25) is 0 Å². The van der Waals surface area contributed by atoms with Crippen LogP contribution in [0.5, 0.6) is 0 Å². The number of nitrogens with zero attached hydrogens (tertiary/aromatic N) is 1. The third kappa shape index (κ3) is 2.22. The molecule has 18 heavy (non-hydrogen) atoms. The molecule has 0 saturated carbocycles. The van der Waals surface area contributed by atoms with E-state index >= 15 is 0 Å². The number of rotatable bonds is 3. The van der Waals surface area contributed by atoms with Crippen molar-refractivity contribution in [1.82, 2.24) is 0 Å². The van der Waals surface area contributed by atoms with E-state index in [9.17, 15) is 13.6 Å². The van der Waals surface area contributed by atoms with Crippen molar-refractivity contribution < 1.29 is 13.1 Å². The molecule has 4 nitrogen and oxygen atoms in total. The minimum atomic E-state index is -3.67. The van der Waals surface area contributed by atoms with Gasteiger partial charge in [-0.2, -0.15) is 4.73 Å². The second kappa shape index (κ2) is 4.78. The summed E-state index contributed by atoms with van der Waals surface area (Å²) in [6.07, 6.45) is 1.19. The molecule has 0 N–H and O–H groups in total. The maximum atomic E-state index is 12.3. The van der Waals surface area contributed by atoms with Gasteiger partial charge in [-0.15, -0.1) is 0 Å². The number of benzene rings is 1. The van der Waals surface area contributed by atoms with Gasteiger partial charge in [0.2, 0.25) is 9.84 Å². The van der Waals surface area contributed by atoms with Gasteiger partial charge < -0.3 is 5.21 Å². The van der Waals surface area contributed by atoms with Gasteiger partial charge >= 0.3 is 5.03 Å². The quantitative estimate of drug-likeness (QED) is 0.627. The lowest BCUT2D eigenvalue weighted by Gasteiger charge is -2.12. The summed E-state index contributed by atoms with van der Waals surface area (Å²) in [5.41, 5.74) is 0.668. The summed E-state index contributed by atoms with van der Waals surface area (Å²) in [5, 5.41) is 10.6. The van der Waals surface area contributed by atoms with E-state index in [4.69, 9.17) is 0 Å². The van der Waals surface area contributed by atoms with Gasteiger partial charge in [-0.05, 0) is 18.6 Å². The predicted octanol–water partition coefficient (Wildman–Crippen LogP) is 1.85. The summed E-state index contributed by atoms with van der Waals surface area (Å²) in [6, 6.07) is 13.2. The summed E-state index contributed by atoms with van der Waals surface area (Å²) in [5.74, 6) is 0. The van der Waals surface area contributed by atoms with Crippen molar-refractivity contribution in [2.45, 2.75) is 17.2 Å². The lowest BCUT2D eigenvalue weighted by Crippen LogP contribution is -2.34. The molecule has 2 aromatic rings. The van der Waals surface area contributed by atoms with Gasteiger partial charge in [0, 0.05) is 12.1 Å². The Morgan fingerprint density at radius 2 is 1.67 bits per heavy atom. The molecular formula is C13H13NO3S.